The van der Waals surface area contributed by atoms with E-state index in [1.807, 2.05) is 0 Å². The number of nitro groups is 1. The molecule has 0 aromatic heterocycles. The van der Waals surface area contributed by atoms with Crippen molar-refractivity contribution in [1.29, 1.82) is 0 Å². The van der Waals surface area contributed by atoms with Crippen LogP contribution in [0.4, 0.5) is 11.4 Å². The second-order valence-corrected chi connectivity index (χ2v) is 7.19. The van der Waals surface area contributed by atoms with Gasteiger partial charge in [-0.3, -0.25) is 10.1 Å². The fourth-order valence-electron chi connectivity index (χ4n) is 4.24. The molecule has 1 aromatic rings. The SMILES string of the molecule is CC1(C)C2CCC1(C)C(Oc1ccc([N+](=O)[O-])c(N)c1)C2. The highest BCUT2D eigenvalue weighted by Gasteiger charge is 2.62. The molecule has 5 heteroatoms. The van der Waals surface area contributed by atoms with Crippen LogP contribution in [-0.4, -0.2) is 11.0 Å². The number of fused-ring (bicyclic) bond motifs is 2. The Morgan fingerprint density at radius 3 is 2.57 bits per heavy atom. The summed E-state index contributed by atoms with van der Waals surface area (Å²) >= 11 is 0. The maximum Gasteiger partial charge on any atom is 0.292 e. The van der Waals surface area contributed by atoms with Gasteiger partial charge in [-0.25, -0.2) is 0 Å². The van der Waals surface area contributed by atoms with Gasteiger partial charge in [-0.05, 0) is 36.7 Å². The Kier molecular flexibility index (Phi) is 2.94. The Labute approximate surface area is 124 Å². The molecule has 0 radical (unpaired) electrons. The minimum atomic E-state index is -0.471. The number of benzene rings is 1. The minimum Gasteiger partial charge on any atom is -0.490 e. The topological polar surface area (TPSA) is 78.4 Å². The number of anilines is 1. The summed E-state index contributed by atoms with van der Waals surface area (Å²) in [6.07, 6.45) is 3.66. The van der Waals surface area contributed by atoms with Crippen LogP contribution in [0.5, 0.6) is 5.75 Å². The third kappa shape index (κ3) is 1.90. The average Bonchev–Trinajstić information content (AvgIpc) is 2.71. The van der Waals surface area contributed by atoms with E-state index in [2.05, 4.69) is 20.8 Å². The van der Waals surface area contributed by atoms with Gasteiger partial charge in [0.2, 0.25) is 0 Å². The van der Waals surface area contributed by atoms with Gasteiger partial charge in [-0.15, -0.1) is 0 Å². The van der Waals surface area contributed by atoms with E-state index in [-0.39, 0.29) is 28.3 Å². The molecule has 3 unspecified atom stereocenters. The molecule has 0 heterocycles. The van der Waals surface area contributed by atoms with Crippen LogP contribution in [0.3, 0.4) is 0 Å². The summed E-state index contributed by atoms with van der Waals surface area (Å²) in [5, 5.41) is 10.8. The van der Waals surface area contributed by atoms with Crippen LogP contribution in [0.2, 0.25) is 0 Å². The maximum atomic E-state index is 10.8. The number of hydrogen-bond acceptors (Lipinski definition) is 4. The van der Waals surface area contributed by atoms with Crippen molar-refractivity contribution in [2.75, 3.05) is 5.73 Å². The molecular formula is C16H22N2O3. The first kappa shape index (κ1) is 14.2. The quantitative estimate of drug-likeness (QED) is 0.522. The zero-order valence-corrected chi connectivity index (χ0v) is 12.8. The van der Waals surface area contributed by atoms with Gasteiger partial charge in [0.15, 0.2) is 0 Å². The molecule has 5 nitrogen and oxygen atoms in total. The van der Waals surface area contributed by atoms with Crippen molar-refractivity contribution < 1.29 is 9.66 Å². The van der Waals surface area contributed by atoms with Crippen LogP contribution in [0.15, 0.2) is 18.2 Å². The summed E-state index contributed by atoms with van der Waals surface area (Å²) in [5.41, 5.74) is 6.27. The van der Waals surface area contributed by atoms with Gasteiger partial charge in [-0.2, -0.15) is 0 Å². The third-order valence-electron chi connectivity index (χ3n) is 6.19. The molecule has 114 valence electrons. The summed E-state index contributed by atoms with van der Waals surface area (Å²) < 4.78 is 6.16. The van der Waals surface area contributed by atoms with Crippen molar-refractivity contribution in [2.45, 2.75) is 46.1 Å². The number of ether oxygens (including phenoxy) is 1. The summed E-state index contributed by atoms with van der Waals surface area (Å²) in [7, 11) is 0. The van der Waals surface area contributed by atoms with E-state index in [1.54, 1.807) is 12.1 Å². The number of nitrogens with zero attached hydrogens (tertiary/aromatic N) is 1. The summed E-state index contributed by atoms with van der Waals surface area (Å²) in [4.78, 5) is 10.3. The van der Waals surface area contributed by atoms with Crippen LogP contribution in [0.1, 0.15) is 40.0 Å². The van der Waals surface area contributed by atoms with Gasteiger partial charge in [0.25, 0.3) is 5.69 Å². The van der Waals surface area contributed by atoms with Gasteiger partial charge < -0.3 is 10.5 Å². The van der Waals surface area contributed by atoms with Gasteiger partial charge in [-0.1, -0.05) is 20.8 Å². The van der Waals surface area contributed by atoms with E-state index in [0.29, 0.717) is 11.7 Å². The predicted octanol–water partition coefficient (Wildman–Crippen LogP) is 3.77. The van der Waals surface area contributed by atoms with Crippen molar-refractivity contribution >= 4 is 11.4 Å². The third-order valence-corrected chi connectivity index (χ3v) is 6.19. The highest BCUT2D eigenvalue weighted by molar-refractivity contribution is 5.60. The van der Waals surface area contributed by atoms with E-state index < -0.39 is 4.92 Å². The predicted molar refractivity (Wildman–Crippen MR) is 81.2 cm³/mol. The molecule has 2 fully saturated rings. The Morgan fingerprint density at radius 1 is 1.38 bits per heavy atom. The van der Waals surface area contributed by atoms with E-state index >= 15 is 0 Å². The molecular weight excluding hydrogens is 268 g/mol. The highest BCUT2D eigenvalue weighted by Crippen LogP contribution is 2.66. The van der Waals surface area contributed by atoms with Crippen molar-refractivity contribution in [2.24, 2.45) is 16.7 Å². The van der Waals surface area contributed by atoms with Crippen LogP contribution >= 0.6 is 0 Å². The Morgan fingerprint density at radius 2 is 2.10 bits per heavy atom. The lowest BCUT2D eigenvalue weighted by molar-refractivity contribution is -0.383. The molecule has 21 heavy (non-hydrogen) atoms. The average molecular weight is 290 g/mol. The lowest BCUT2D eigenvalue weighted by Gasteiger charge is -2.38. The second kappa shape index (κ2) is 4.36. The summed E-state index contributed by atoms with van der Waals surface area (Å²) in [5.74, 6) is 1.33. The highest BCUT2D eigenvalue weighted by atomic mass is 16.6. The fraction of sp³-hybridized carbons (Fsp3) is 0.625. The molecule has 2 saturated carbocycles. The number of rotatable bonds is 3. The van der Waals surface area contributed by atoms with Gasteiger partial charge in [0, 0.05) is 17.5 Å². The molecule has 2 bridgehead atoms. The van der Waals surface area contributed by atoms with Gasteiger partial charge in [0.05, 0.1) is 4.92 Å². The Balaban J connectivity index is 1.83. The summed E-state index contributed by atoms with van der Waals surface area (Å²) in [6.45, 7) is 6.97. The van der Waals surface area contributed by atoms with Crippen LogP contribution < -0.4 is 10.5 Å². The van der Waals surface area contributed by atoms with Crippen LogP contribution in [0.25, 0.3) is 0 Å². The fourth-order valence-corrected chi connectivity index (χ4v) is 4.24. The Bertz CT molecular complexity index is 599. The molecule has 0 saturated heterocycles. The summed E-state index contributed by atoms with van der Waals surface area (Å²) in [6, 6.07) is 4.64. The smallest absolute Gasteiger partial charge is 0.292 e. The molecule has 0 aliphatic heterocycles. The lowest BCUT2D eigenvalue weighted by Crippen LogP contribution is -2.38. The van der Waals surface area contributed by atoms with Crippen molar-refractivity contribution in [3.8, 4) is 5.75 Å². The normalized spacial score (nSPS) is 33.1. The lowest BCUT2D eigenvalue weighted by atomic mass is 9.70. The first-order chi connectivity index (χ1) is 9.75. The number of hydrogen-bond donors (Lipinski definition) is 1. The van der Waals surface area contributed by atoms with Gasteiger partial charge >= 0.3 is 0 Å². The molecule has 3 rings (SSSR count). The largest absolute Gasteiger partial charge is 0.490 e. The number of nitro benzene ring substituents is 1. The molecule has 2 aliphatic carbocycles. The first-order valence-corrected chi connectivity index (χ1v) is 7.46. The van der Waals surface area contributed by atoms with Crippen LogP contribution in [0, 0.1) is 26.9 Å². The van der Waals surface area contributed by atoms with E-state index in [1.165, 1.54) is 18.9 Å². The molecule has 1 aromatic carbocycles. The van der Waals surface area contributed by atoms with E-state index in [9.17, 15) is 10.1 Å². The van der Waals surface area contributed by atoms with Crippen LogP contribution in [-0.2, 0) is 0 Å². The zero-order valence-electron chi connectivity index (χ0n) is 12.8. The standard InChI is InChI=1S/C16H22N2O3/c1-15(2)10-6-7-16(15,3)14(8-10)21-11-4-5-13(18(19)20)12(17)9-11/h4-5,9-10,14H,6-8,17H2,1-3H3. The first-order valence-electron chi connectivity index (χ1n) is 7.46. The van der Waals surface area contributed by atoms with Crippen molar-refractivity contribution in [3.05, 3.63) is 28.3 Å². The molecule has 0 amide bonds. The number of nitrogen functional groups attached to an aromatic ring is 1. The van der Waals surface area contributed by atoms with Gasteiger partial charge in [0.1, 0.15) is 17.5 Å². The van der Waals surface area contributed by atoms with E-state index in [0.717, 1.165) is 6.42 Å². The molecule has 3 atom stereocenters. The number of nitrogens with two attached hydrogens (primary N) is 1. The minimum absolute atomic E-state index is 0.0677. The van der Waals surface area contributed by atoms with Crippen molar-refractivity contribution in [1.82, 2.24) is 0 Å². The Hall–Kier alpha value is -1.78. The zero-order chi connectivity index (χ0) is 15.4. The van der Waals surface area contributed by atoms with Crippen molar-refractivity contribution in [3.63, 3.8) is 0 Å². The molecule has 2 N–H and O–H groups in total. The van der Waals surface area contributed by atoms with E-state index in [4.69, 9.17) is 10.5 Å². The molecule has 0 spiro atoms. The second-order valence-electron chi connectivity index (χ2n) is 7.19. The maximum absolute atomic E-state index is 10.8. The monoisotopic (exact) mass is 290 g/mol. The molecule has 2 aliphatic rings.